The van der Waals surface area contributed by atoms with Gasteiger partial charge in [-0.25, -0.2) is 9.59 Å². The lowest BCUT2D eigenvalue weighted by Gasteiger charge is -2.03. The average molecular weight is 429 g/mol. The largest absolute Gasteiger partial charge is 0.481 e. The molecule has 2 N–H and O–H groups in total. The first-order valence-corrected chi connectivity index (χ1v) is 10.1. The molecular weight excluding hydrogens is 392 g/mol. The molecule has 0 atom stereocenters. The lowest BCUT2D eigenvalue weighted by atomic mass is 10.0. The molecule has 0 spiro atoms. The number of carbonyl (C=O) groups excluding carboxylic acids is 2. The van der Waals surface area contributed by atoms with Crippen LogP contribution in [0.15, 0.2) is 23.3 Å². The van der Waals surface area contributed by atoms with Crippen molar-refractivity contribution in [3.8, 4) is 0 Å². The predicted octanol–water partition coefficient (Wildman–Crippen LogP) is 4.28. The molecule has 0 aliphatic rings. The highest BCUT2D eigenvalue weighted by Crippen LogP contribution is 2.13. The van der Waals surface area contributed by atoms with Crippen LogP contribution in [0.25, 0.3) is 0 Å². The fourth-order valence-electron chi connectivity index (χ4n) is 2.27. The van der Waals surface area contributed by atoms with Crippen molar-refractivity contribution in [2.75, 3.05) is 14.2 Å². The molecule has 8 heteroatoms. The molecule has 0 heterocycles. The second-order valence-electron chi connectivity index (χ2n) is 6.77. The molecule has 0 aromatic carbocycles. The Hall–Kier alpha value is -2.64. The summed E-state index contributed by atoms with van der Waals surface area (Å²) in [5.74, 6) is -2.15. The van der Waals surface area contributed by atoms with Gasteiger partial charge < -0.3 is 19.7 Å². The number of rotatable bonds is 14. The van der Waals surface area contributed by atoms with Gasteiger partial charge in [0.1, 0.15) is 0 Å². The minimum Gasteiger partial charge on any atom is -0.481 e. The number of aliphatic carboxylic acids is 2. The molecule has 0 aliphatic heterocycles. The molecule has 0 radical (unpaired) electrons. The van der Waals surface area contributed by atoms with Crippen molar-refractivity contribution in [3.63, 3.8) is 0 Å². The normalized spacial score (nSPS) is 11.2. The first-order chi connectivity index (χ1) is 14.1. The molecule has 0 saturated heterocycles. The first kappa shape index (κ1) is 29.6. The summed E-state index contributed by atoms with van der Waals surface area (Å²) in [7, 11) is 2.74. The highest BCUT2D eigenvalue weighted by atomic mass is 16.5. The summed E-state index contributed by atoms with van der Waals surface area (Å²) < 4.78 is 8.95. The fourth-order valence-corrected chi connectivity index (χ4v) is 2.27. The second-order valence-corrected chi connectivity index (χ2v) is 6.77. The number of ether oxygens (including phenoxy) is 2. The molecule has 0 fully saturated rings. The standard InChI is InChI=1S/2C11H18O4/c1-14-10(12)8-6-4-3-5-7-9-11(13)15-2;1-8(9(2)11(14)15)6-4-3-5-7-10(12)13/h6,8H,3-5,7,9H2,1-2H3;3-7H2,1-2H3,(H,12,13)(H,14,15). The average Bonchev–Trinajstić information content (AvgIpc) is 2.71. The Morgan fingerprint density at radius 2 is 1.33 bits per heavy atom. The van der Waals surface area contributed by atoms with E-state index in [1.54, 1.807) is 19.9 Å². The topological polar surface area (TPSA) is 127 Å². The highest BCUT2D eigenvalue weighted by Gasteiger charge is 2.05. The fraction of sp³-hybridized carbons (Fsp3) is 0.636. The molecule has 0 amide bonds. The molecule has 0 unspecified atom stereocenters. The molecule has 30 heavy (non-hydrogen) atoms. The number of hydrogen-bond acceptors (Lipinski definition) is 6. The van der Waals surface area contributed by atoms with Crippen molar-refractivity contribution in [2.24, 2.45) is 0 Å². The van der Waals surface area contributed by atoms with Crippen molar-refractivity contribution >= 4 is 23.9 Å². The van der Waals surface area contributed by atoms with E-state index in [9.17, 15) is 19.2 Å². The van der Waals surface area contributed by atoms with E-state index in [1.165, 1.54) is 20.3 Å². The summed E-state index contributed by atoms with van der Waals surface area (Å²) in [6.45, 7) is 3.40. The van der Waals surface area contributed by atoms with E-state index in [0.29, 0.717) is 18.4 Å². The third kappa shape index (κ3) is 20.1. The van der Waals surface area contributed by atoms with Crippen LogP contribution < -0.4 is 0 Å². The summed E-state index contributed by atoms with van der Waals surface area (Å²) in [4.78, 5) is 42.2. The van der Waals surface area contributed by atoms with Gasteiger partial charge in [0.15, 0.2) is 0 Å². The van der Waals surface area contributed by atoms with E-state index in [1.807, 2.05) is 0 Å². The summed E-state index contributed by atoms with van der Waals surface area (Å²) in [6, 6.07) is 0. The van der Waals surface area contributed by atoms with Crippen LogP contribution in [0.1, 0.15) is 78.1 Å². The Morgan fingerprint density at radius 1 is 0.767 bits per heavy atom. The molecule has 0 aliphatic carbocycles. The van der Waals surface area contributed by atoms with Crippen LogP contribution in [-0.2, 0) is 28.7 Å². The number of unbranched alkanes of at least 4 members (excludes halogenated alkanes) is 5. The van der Waals surface area contributed by atoms with Crippen LogP contribution in [-0.4, -0.2) is 48.3 Å². The molecule has 8 nitrogen and oxygen atoms in total. The number of allylic oxidation sites excluding steroid dienone is 2. The minimum absolute atomic E-state index is 0.167. The van der Waals surface area contributed by atoms with Crippen LogP contribution in [0.5, 0.6) is 0 Å². The van der Waals surface area contributed by atoms with Crippen LogP contribution in [0, 0.1) is 0 Å². The number of carboxylic acids is 2. The summed E-state index contributed by atoms with van der Waals surface area (Å²) in [6.07, 6.45) is 10.5. The first-order valence-electron chi connectivity index (χ1n) is 10.1. The second kappa shape index (κ2) is 19.7. The SMILES string of the molecule is CC(CCCCCC(=O)O)=C(C)C(=O)O.COC(=O)C=CCCCCCC(=O)OC. The van der Waals surface area contributed by atoms with Gasteiger partial charge in [0, 0.05) is 24.5 Å². The molecule has 0 aromatic rings. The van der Waals surface area contributed by atoms with Crippen LogP contribution in [0.3, 0.4) is 0 Å². The van der Waals surface area contributed by atoms with Gasteiger partial charge in [0.25, 0.3) is 0 Å². The van der Waals surface area contributed by atoms with Crippen molar-refractivity contribution in [1.29, 1.82) is 0 Å². The summed E-state index contributed by atoms with van der Waals surface area (Å²) >= 11 is 0. The third-order valence-electron chi connectivity index (χ3n) is 4.34. The summed E-state index contributed by atoms with van der Waals surface area (Å²) in [5.41, 5.74) is 1.27. The van der Waals surface area contributed by atoms with Gasteiger partial charge in [-0.05, 0) is 52.4 Å². The van der Waals surface area contributed by atoms with E-state index in [-0.39, 0.29) is 18.4 Å². The Balaban J connectivity index is 0. The minimum atomic E-state index is -0.877. The van der Waals surface area contributed by atoms with Gasteiger partial charge in [-0.1, -0.05) is 24.5 Å². The third-order valence-corrected chi connectivity index (χ3v) is 4.34. The maximum atomic E-state index is 10.7. The van der Waals surface area contributed by atoms with Crippen molar-refractivity contribution < 1.29 is 38.9 Å². The predicted molar refractivity (Wildman–Crippen MR) is 113 cm³/mol. The van der Waals surface area contributed by atoms with Crippen LogP contribution in [0.2, 0.25) is 0 Å². The highest BCUT2D eigenvalue weighted by molar-refractivity contribution is 5.86. The molecule has 172 valence electrons. The van der Waals surface area contributed by atoms with Crippen molar-refractivity contribution in [2.45, 2.75) is 78.1 Å². The maximum absolute atomic E-state index is 10.7. The number of esters is 2. The zero-order chi connectivity index (χ0) is 23.4. The summed E-state index contributed by atoms with van der Waals surface area (Å²) in [5, 5.41) is 17.1. The van der Waals surface area contributed by atoms with E-state index in [4.69, 9.17) is 10.2 Å². The Labute approximate surface area is 178 Å². The number of methoxy groups -OCH3 is 2. The Kier molecular flexibility index (Phi) is 19.4. The van der Waals surface area contributed by atoms with Gasteiger partial charge in [-0.2, -0.15) is 0 Å². The van der Waals surface area contributed by atoms with Gasteiger partial charge in [0.2, 0.25) is 0 Å². The molecule has 0 rings (SSSR count). The Morgan fingerprint density at radius 3 is 1.87 bits per heavy atom. The lowest BCUT2D eigenvalue weighted by Crippen LogP contribution is -1.99. The molecular formula is C22H36O8. The maximum Gasteiger partial charge on any atom is 0.331 e. The van der Waals surface area contributed by atoms with E-state index in [2.05, 4.69) is 9.47 Å². The van der Waals surface area contributed by atoms with Gasteiger partial charge in [-0.3, -0.25) is 9.59 Å². The molecule has 0 aromatic heterocycles. The zero-order valence-electron chi connectivity index (χ0n) is 18.6. The van der Waals surface area contributed by atoms with Crippen molar-refractivity contribution in [3.05, 3.63) is 23.3 Å². The molecule has 0 bridgehead atoms. The van der Waals surface area contributed by atoms with Crippen LogP contribution in [0.4, 0.5) is 0 Å². The number of carboxylic acid groups (broad SMARTS) is 2. The van der Waals surface area contributed by atoms with E-state index < -0.39 is 11.9 Å². The van der Waals surface area contributed by atoms with Crippen LogP contribution >= 0.6 is 0 Å². The number of hydrogen-bond donors (Lipinski definition) is 2. The smallest absolute Gasteiger partial charge is 0.331 e. The van der Waals surface area contributed by atoms with Gasteiger partial charge >= 0.3 is 23.9 Å². The quantitative estimate of drug-likeness (QED) is 0.238. The van der Waals surface area contributed by atoms with Gasteiger partial charge in [-0.15, -0.1) is 0 Å². The Bertz CT molecular complexity index is 590. The number of carbonyl (C=O) groups is 4. The van der Waals surface area contributed by atoms with Gasteiger partial charge in [0.05, 0.1) is 14.2 Å². The lowest BCUT2D eigenvalue weighted by molar-refractivity contribution is -0.141. The van der Waals surface area contributed by atoms with Crippen molar-refractivity contribution in [1.82, 2.24) is 0 Å². The van der Waals surface area contributed by atoms with E-state index >= 15 is 0 Å². The monoisotopic (exact) mass is 428 g/mol. The molecule has 0 saturated carbocycles. The van der Waals surface area contributed by atoms with E-state index in [0.717, 1.165) is 50.5 Å². The zero-order valence-corrected chi connectivity index (χ0v) is 18.6.